The summed E-state index contributed by atoms with van der Waals surface area (Å²) >= 11 is 0. The van der Waals surface area contributed by atoms with Gasteiger partial charge in [-0.05, 0) is 6.42 Å². The van der Waals surface area contributed by atoms with E-state index in [4.69, 9.17) is 5.73 Å². The topological polar surface area (TPSA) is 137 Å². The van der Waals surface area contributed by atoms with Gasteiger partial charge in [-0.25, -0.2) is 4.98 Å². The van der Waals surface area contributed by atoms with Crippen LogP contribution >= 0.6 is 0 Å². The molecular formula is C10H15N9O. The summed E-state index contributed by atoms with van der Waals surface area (Å²) in [5, 5.41) is 9.40. The normalized spacial score (nSPS) is 10.2. The number of carbonyl (C=O) groups excluding carboxylic acids is 1. The van der Waals surface area contributed by atoms with Crippen molar-refractivity contribution in [2.75, 3.05) is 24.1 Å². The first-order valence-corrected chi connectivity index (χ1v) is 6.06. The molecular weight excluding hydrogens is 262 g/mol. The highest BCUT2D eigenvalue weighted by molar-refractivity contribution is 5.80. The Bertz CT molecular complexity index is 568. The van der Waals surface area contributed by atoms with Crippen molar-refractivity contribution in [1.29, 1.82) is 0 Å². The van der Waals surface area contributed by atoms with Crippen LogP contribution in [0.15, 0.2) is 12.7 Å². The van der Waals surface area contributed by atoms with E-state index in [-0.39, 0.29) is 30.3 Å². The number of nitrogen functional groups attached to an aromatic ring is 1. The molecule has 2 heterocycles. The van der Waals surface area contributed by atoms with E-state index in [1.807, 2.05) is 6.92 Å². The Morgan fingerprint density at radius 1 is 1.40 bits per heavy atom. The van der Waals surface area contributed by atoms with Crippen LogP contribution in [0.25, 0.3) is 5.95 Å². The molecule has 2 aromatic heterocycles. The van der Waals surface area contributed by atoms with Crippen molar-refractivity contribution in [3.63, 3.8) is 0 Å². The molecule has 0 radical (unpaired) electrons. The number of nitrogens with zero attached hydrogens (tertiary/aromatic N) is 6. The van der Waals surface area contributed by atoms with Crippen LogP contribution in [-0.4, -0.2) is 48.7 Å². The van der Waals surface area contributed by atoms with E-state index in [1.165, 1.54) is 17.3 Å². The van der Waals surface area contributed by atoms with Crippen molar-refractivity contribution >= 4 is 17.8 Å². The predicted octanol–water partition coefficient (Wildman–Crippen LogP) is -1.03. The Hall–Kier alpha value is -2.78. The zero-order valence-corrected chi connectivity index (χ0v) is 10.9. The van der Waals surface area contributed by atoms with E-state index in [2.05, 4.69) is 35.7 Å². The van der Waals surface area contributed by atoms with Crippen LogP contribution in [0, 0.1) is 0 Å². The summed E-state index contributed by atoms with van der Waals surface area (Å²) in [7, 11) is 0. The quantitative estimate of drug-likeness (QED) is 0.609. The Morgan fingerprint density at radius 3 is 2.95 bits per heavy atom. The molecule has 10 nitrogen and oxygen atoms in total. The van der Waals surface area contributed by atoms with Gasteiger partial charge in [0.15, 0.2) is 0 Å². The van der Waals surface area contributed by atoms with Gasteiger partial charge < -0.3 is 16.4 Å². The molecule has 2 rings (SSSR count). The van der Waals surface area contributed by atoms with Crippen molar-refractivity contribution in [1.82, 2.24) is 35.0 Å². The molecule has 0 spiro atoms. The van der Waals surface area contributed by atoms with Crippen LogP contribution in [0.1, 0.15) is 13.3 Å². The van der Waals surface area contributed by atoms with Gasteiger partial charge in [0.05, 0.1) is 6.54 Å². The number of amides is 1. The van der Waals surface area contributed by atoms with E-state index < -0.39 is 0 Å². The van der Waals surface area contributed by atoms with Gasteiger partial charge in [-0.3, -0.25) is 4.79 Å². The monoisotopic (exact) mass is 277 g/mol. The van der Waals surface area contributed by atoms with Gasteiger partial charge in [-0.1, -0.05) is 6.92 Å². The third kappa shape index (κ3) is 3.60. The van der Waals surface area contributed by atoms with Gasteiger partial charge in [-0.2, -0.15) is 24.7 Å². The largest absolute Gasteiger partial charge is 0.368 e. The average Bonchev–Trinajstić information content (AvgIpc) is 2.96. The molecule has 0 saturated carbocycles. The molecule has 2 aromatic rings. The first kappa shape index (κ1) is 13.6. The second-order valence-electron chi connectivity index (χ2n) is 3.86. The fraction of sp³-hybridized carbons (Fsp3) is 0.400. The highest BCUT2D eigenvalue weighted by Gasteiger charge is 2.08. The molecule has 1 amide bonds. The van der Waals surface area contributed by atoms with E-state index in [0.717, 1.165) is 6.42 Å². The molecule has 0 saturated heterocycles. The average molecular weight is 277 g/mol. The number of nitrogens with one attached hydrogen (secondary N) is 2. The third-order valence-corrected chi connectivity index (χ3v) is 2.24. The van der Waals surface area contributed by atoms with Gasteiger partial charge in [0.1, 0.15) is 12.7 Å². The molecule has 0 bridgehead atoms. The van der Waals surface area contributed by atoms with E-state index >= 15 is 0 Å². The predicted molar refractivity (Wildman–Crippen MR) is 70.9 cm³/mol. The number of hydrogen-bond donors (Lipinski definition) is 3. The van der Waals surface area contributed by atoms with Crippen LogP contribution in [0.2, 0.25) is 0 Å². The van der Waals surface area contributed by atoms with Gasteiger partial charge in [0, 0.05) is 6.54 Å². The standard InChI is InChI=1S/C10H15N9O/c1-2-3-13-7(20)4-14-9-16-8(11)17-10(18-9)19-6-12-5-15-19/h5-6H,2-4H2,1H3,(H,13,20)(H3,11,14,16,17,18). The Morgan fingerprint density at radius 2 is 2.25 bits per heavy atom. The van der Waals surface area contributed by atoms with Crippen molar-refractivity contribution in [2.45, 2.75) is 13.3 Å². The summed E-state index contributed by atoms with van der Waals surface area (Å²) < 4.78 is 1.35. The lowest BCUT2D eigenvalue weighted by molar-refractivity contribution is -0.119. The van der Waals surface area contributed by atoms with Crippen molar-refractivity contribution in [2.24, 2.45) is 0 Å². The van der Waals surface area contributed by atoms with Gasteiger partial charge in [-0.15, -0.1) is 0 Å². The second kappa shape index (κ2) is 6.41. The molecule has 20 heavy (non-hydrogen) atoms. The minimum atomic E-state index is -0.145. The second-order valence-corrected chi connectivity index (χ2v) is 3.86. The minimum Gasteiger partial charge on any atom is -0.368 e. The maximum absolute atomic E-state index is 11.5. The zero-order chi connectivity index (χ0) is 14.4. The van der Waals surface area contributed by atoms with Crippen LogP contribution in [0.3, 0.4) is 0 Å². The smallest absolute Gasteiger partial charge is 0.258 e. The lowest BCUT2D eigenvalue weighted by Gasteiger charge is -2.07. The number of nitrogens with two attached hydrogens (primary N) is 1. The molecule has 106 valence electrons. The Kier molecular flexibility index (Phi) is 4.37. The SMILES string of the molecule is CCCNC(=O)CNc1nc(N)nc(-n2cncn2)n1. The van der Waals surface area contributed by atoms with Gasteiger partial charge in [0.25, 0.3) is 5.95 Å². The first-order chi connectivity index (χ1) is 9.69. The molecule has 0 aliphatic carbocycles. The summed E-state index contributed by atoms with van der Waals surface area (Å²) in [5.74, 6) is 0.316. The zero-order valence-electron chi connectivity index (χ0n) is 10.9. The highest BCUT2D eigenvalue weighted by atomic mass is 16.1. The van der Waals surface area contributed by atoms with Crippen LogP contribution in [0.4, 0.5) is 11.9 Å². The summed E-state index contributed by atoms with van der Waals surface area (Å²) in [6.07, 6.45) is 3.67. The Balaban J connectivity index is 2.03. The van der Waals surface area contributed by atoms with E-state index in [0.29, 0.717) is 6.54 Å². The molecule has 0 aromatic carbocycles. The van der Waals surface area contributed by atoms with Gasteiger partial charge >= 0.3 is 0 Å². The summed E-state index contributed by atoms with van der Waals surface area (Å²) in [6, 6.07) is 0. The number of aromatic nitrogens is 6. The maximum atomic E-state index is 11.5. The fourth-order valence-electron chi connectivity index (χ4n) is 1.36. The number of carbonyl (C=O) groups is 1. The maximum Gasteiger partial charge on any atom is 0.258 e. The molecule has 0 atom stereocenters. The van der Waals surface area contributed by atoms with Crippen molar-refractivity contribution in [3.8, 4) is 5.95 Å². The summed E-state index contributed by atoms with van der Waals surface area (Å²) in [6.45, 7) is 2.66. The number of anilines is 2. The number of rotatable bonds is 6. The molecule has 4 N–H and O–H groups in total. The molecule has 10 heteroatoms. The summed E-state index contributed by atoms with van der Waals surface area (Å²) in [5.41, 5.74) is 5.59. The summed E-state index contributed by atoms with van der Waals surface area (Å²) in [4.78, 5) is 27.2. The Labute approximate surface area is 114 Å². The van der Waals surface area contributed by atoms with Crippen LogP contribution < -0.4 is 16.4 Å². The van der Waals surface area contributed by atoms with Crippen molar-refractivity contribution < 1.29 is 4.79 Å². The molecule has 0 aliphatic rings. The molecule has 0 fully saturated rings. The fourth-order valence-corrected chi connectivity index (χ4v) is 1.36. The lowest BCUT2D eigenvalue weighted by Crippen LogP contribution is -2.30. The minimum absolute atomic E-state index is 0.0296. The lowest BCUT2D eigenvalue weighted by atomic mass is 10.4. The highest BCUT2D eigenvalue weighted by Crippen LogP contribution is 2.05. The third-order valence-electron chi connectivity index (χ3n) is 2.24. The van der Waals surface area contributed by atoms with E-state index in [1.54, 1.807) is 0 Å². The van der Waals surface area contributed by atoms with Gasteiger partial charge in [0.2, 0.25) is 17.8 Å². The molecule has 0 unspecified atom stereocenters. The molecule has 0 aliphatic heterocycles. The number of hydrogen-bond acceptors (Lipinski definition) is 8. The van der Waals surface area contributed by atoms with E-state index in [9.17, 15) is 4.79 Å². The van der Waals surface area contributed by atoms with Crippen LogP contribution in [0.5, 0.6) is 0 Å². The van der Waals surface area contributed by atoms with Crippen LogP contribution in [-0.2, 0) is 4.79 Å². The van der Waals surface area contributed by atoms with Crippen molar-refractivity contribution in [3.05, 3.63) is 12.7 Å². The first-order valence-electron chi connectivity index (χ1n) is 6.06.